The topological polar surface area (TPSA) is 44.5 Å². The molecule has 1 saturated carbocycles. The van der Waals surface area contributed by atoms with Crippen molar-refractivity contribution in [3.63, 3.8) is 0 Å². The van der Waals surface area contributed by atoms with Crippen LogP contribution in [0.25, 0.3) is 0 Å². The summed E-state index contributed by atoms with van der Waals surface area (Å²) in [5, 5.41) is 0. The van der Waals surface area contributed by atoms with Crippen molar-refractivity contribution in [1.29, 1.82) is 0 Å². The summed E-state index contributed by atoms with van der Waals surface area (Å²) in [5.74, 6) is -1.47. The Kier molecular flexibility index (Phi) is 6.95. The molecule has 8 heteroatoms. The van der Waals surface area contributed by atoms with Gasteiger partial charge in [0.15, 0.2) is 11.6 Å². The first-order valence-electron chi connectivity index (χ1n) is 7.15. The maximum Gasteiger partial charge on any atom is 0.391 e. The summed E-state index contributed by atoms with van der Waals surface area (Å²) in [6, 6.07) is 2.63. The van der Waals surface area contributed by atoms with E-state index in [0.717, 1.165) is 0 Å². The first-order chi connectivity index (χ1) is 10.3. The van der Waals surface area contributed by atoms with E-state index in [0.29, 0.717) is 11.3 Å². The maximum atomic E-state index is 14.0. The molecule has 0 heterocycles. The van der Waals surface area contributed by atoms with Gasteiger partial charge in [0.05, 0.1) is 19.1 Å². The Morgan fingerprint density at radius 3 is 2.22 bits per heavy atom. The molecule has 1 aromatic carbocycles. The van der Waals surface area contributed by atoms with Crippen LogP contribution in [0, 0.1) is 11.7 Å². The molecule has 132 valence electrons. The molecular weight excluding hydrogens is 338 g/mol. The van der Waals surface area contributed by atoms with Gasteiger partial charge in [-0.1, -0.05) is 0 Å². The lowest BCUT2D eigenvalue weighted by molar-refractivity contribution is -0.185. The molecule has 1 aromatic rings. The molecule has 0 spiro atoms. The van der Waals surface area contributed by atoms with E-state index in [1.165, 1.54) is 19.2 Å². The molecular formula is C15H20ClF4NO2. The number of hydrogen-bond donors (Lipinski definition) is 1. The molecule has 1 aliphatic carbocycles. The van der Waals surface area contributed by atoms with E-state index in [9.17, 15) is 17.6 Å². The zero-order valence-electron chi connectivity index (χ0n) is 12.7. The Morgan fingerprint density at radius 2 is 1.74 bits per heavy atom. The van der Waals surface area contributed by atoms with E-state index in [4.69, 9.17) is 15.2 Å². The van der Waals surface area contributed by atoms with Crippen molar-refractivity contribution in [2.45, 2.75) is 44.5 Å². The summed E-state index contributed by atoms with van der Waals surface area (Å²) in [5.41, 5.74) is 6.00. The van der Waals surface area contributed by atoms with Gasteiger partial charge in [-0.15, -0.1) is 12.4 Å². The summed E-state index contributed by atoms with van der Waals surface area (Å²) in [4.78, 5) is 0. The quantitative estimate of drug-likeness (QED) is 0.821. The third kappa shape index (κ3) is 4.88. The smallest absolute Gasteiger partial charge is 0.391 e. The maximum absolute atomic E-state index is 14.0. The van der Waals surface area contributed by atoms with Crippen LogP contribution < -0.4 is 15.2 Å². The second kappa shape index (κ2) is 8.06. The fraction of sp³-hybridized carbons (Fsp3) is 0.600. The highest BCUT2D eigenvalue weighted by atomic mass is 35.5. The molecule has 0 unspecified atom stereocenters. The largest absolute Gasteiger partial charge is 0.496 e. The number of rotatable bonds is 4. The number of ether oxygens (including phenoxy) is 2. The standard InChI is InChI=1S/C15H19F4NO2.ClH/c1-21-13-7-14(12(16)6-9(13)8-20)22-11-4-2-10(3-5-11)15(17,18)19;/h6-7,10-11H,2-5,8,20H2,1H3;1H/t10-,11-;. The van der Waals surface area contributed by atoms with Gasteiger partial charge in [0, 0.05) is 18.2 Å². The minimum absolute atomic E-state index is 0. The van der Waals surface area contributed by atoms with Crippen LogP contribution in [0.15, 0.2) is 12.1 Å². The average molecular weight is 358 g/mol. The van der Waals surface area contributed by atoms with Crippen LogP contribution in [0.2, 0.25) is 0 Å². The van der Waals surface area contributed by atoms with Crippen molar-refractivity contribution >= 4 is 12.4 Å². The number of hydrogen-bond acceptors (Lipinski definition) is 3. The Morgan fingerprint density at radius 1 is 1.13 bits per heavy atom. The van der Waals surface area contributed by atoms with Crippen molar-refractivity contribution in [2.75, 3.05) is 7.11 Å². The van der Waals surface area contributed by atoms with Gasteiger partial charge in [-0.3, -0.25) is 0 Å². The average Bonchev–Trinajstić information content (AvgIpc) is 2.48. The second-order valence-electron chi connectivity index (χ2n) is 5.43. The van der Waals surface area contributed by atoms with Gasteiger partial charge >= 0.3 is 6.18 Å². The monoisotopic (exact) mass is 357 g/mol. The molecule has 0 radical (unpaired) electrons. The highest BCUT2D eigenvalue weighted by molar-refractivity contribution is 5.85. The minimum atomic E-state index is -4.16. The van der Waals surface area contributed by atoms with Crippen LogP contribution in [0.5, 0.6) is 11.5 Å². The summed E-state index contributed by atoms with van der Waals surface area (Å²) >= 11 is 0. The highest BCUT2D eigenvalue weighted by Gasteiger charge is 2.41. The molecule has 0 aliphatic heterocycles. The van der Waals surface area contributed by atoms with E-state index in [1.54, 1.807) is 0 Å². The fourth-order valence-corrected chi connectivity index (χ4v) is 2.70. The van der Waals surface area contributed by atoms with Crippen LogP contribution in [0.4, 0.5) is 17.6 Å². The number of alkyl halides is 3. The lowest BCUT2D eigenvalue weighted by Crippen LogP contribution is -2.32. The predicted octanol–water partition coefficient (Wildman–Crippen LogP) is 4.21. The molecule has 0 amide bonds. The van der Waals surface area contributed by atoms with Crippen LogP contribution in [-0.2, 0) is 6.54 Å². The number of nitrogens with two attached hydrogens (primary N) is 1. The van der Waals surface area contributed by atoms with Crippen molar-refractivity contribution in [3.8, 4) is 11.5 Å². The first kappa shape index (κ1) is 19.8. The predicted molar refractivity (Wildman–Crippen MR) is 80.5 cm³/mol. The molecule has 1 fully saturated rings. The molecule has 1 aliphatic rings. The molecule has 0 atom stereocenters. The van der Waals surface area contributed by atoms with Gasteiger partial charge in [0.1, 0.15) is 5.75 Å². The van der Waals surface area contributed by atoms with Gasteiger partial charge in [-0.2, -0.15) is 13.2 Å². The normalized spacial score (nSPS) is 21.5. The second-order valence-corrected chi connectivity index (χ2v) is 5.43. The molecule has 0 saturated heterocycles. The molecule has 2 rings (SSSR count). The fourth-order valence-electron chi connectivity index (χ4n) is 2.70. The zero-order valence-corrected chi connectivity index (χ0v) is 13.5. The van der Waals surface area contributed by atoms with Crippen molar-refractivity contribution < 1.29 is 27.0 Å². The number of methoxy groups -OCH3 is 1. The van der Waals surface area contributed by atoms with E-state index < -0.39 is 24.0 Å². The van der Waals surface area contributed by atoms with Gasteiger partial charge in [-0.25, -0.2) is 4.39 Å². The lowest BCUT2D eigenvalue weighted by Gasteiger charge is -2.30. The van der Waals surface area contributed by atoms with Crippen molar-refractivity contribution in [3.05, 3.63) is 23.5 Å². The van der Waals surface area contributed by atoms with Gasteiger partial charge in [0.25, 0.3) is 0 Å². The Hall–Kier alpha value is -1.21. The van der Waals surface area contributed by atoms with E-state index in [1.807, 2.05) is 0 Å². The number of halogens is 5. The molecule has 0 bridgehead atoms. The van der Waals surface area contributed by atoms with Crippen LogP contribution in [0.3, 0.4) is 0 Å². The summed E-state index contributed by atoms with van der Waals surface area (Å²) < 4.78 is 62.4. The third-order valence-corrected chi connectivity index (χ3v) is 3.99. The summed E-state index contributed by atoms with van der Waals surface area (Å²) in [7, 11) is 1.44. The Balaban J connectivity index is 0.00000264. The molecule has 23 heavy (non-hydrogen) atoms. The van der Waals surface area contributed by atoms with Crippen molar-refractivity contribution in [1.82, 2.24) is 0 Å². The highest BCUT2D eigenvalue weighted by Crippen LogP contribution is 2.39. The van der Waals surface area contributed by atoms with Gasteiger partial charge < -0.3 is 15.2 Å². The van der Waals surface area contributed by atoms with Gasteiger partial charge in [0.2, 0.25) is 0 Å². The van der Waals surface area contributed by atoms with Crippen LogP contribution >= 0.6 is 12.4 Å². The third-order valence-electron chi connectivity index (χ3n) is 3.99. The van der Waals surface area contributed by atoms with Crippen LogP contribution in [-0.4, -0.2) is 19.4 Å². The Labute approximate surface area is 138 Å². The van der Waals surface area contributed by atoms with Crippen molar-refractivity contribution in [2.24, 2.45) is 11.7 Å². The van der Waals surface area contributed by atoms with E-state index in [2.05, 4.69) is 0 Å². The van der Waals surface area contributed by atoms with E-state index >= 15 is 0 Å². The number of benzene rings is 1. The first-order valence-corrected chi connectivity index (χ1v) is 7.15. The molecule has 2 N–H and O–H groups in total. The summed E-state index contributed by atoms with van der Waals surface area (Å²) in [6.07, 6.45) is -4.06. The Bertz CT molecular complexity index is 517. The SMILES string of the molecule is COc1cc(O[C@H]2CC[C@H](C(F)(F)F)CC2)c(F)cc1CN.Cl. The summed E-state index contributed by atoms with van der Waals surface area (Å²) in [6.45, 7) is 0.122. The molecule has 3 nitrogen and oxygen atoms in total. The van der Waals surface area contributed by atoms with Crippen LogP contribution in [0.1, 0.15) is 31.2 Å². The molecule has 0 aromatic heterocycles. The lowest BCUT2D eigenvalue weighted by atomic mass is 9.87. The minimum Gasteiger partial charge on any atom is -0.496 e. The zero-order chi connectivity index (χ0) is 16.3. The van der Waals surface area contributed by atoms with E-state index in [-0.39, 0.29) is 50.4 Å². The van der Waals surface area contributed by atoms with Gasteiger partial charge in [-0.05, 0) is 31.7 Å².